The molecule has 0 aliphatic carbocycles. The lowest BCUT2D eigenvalue weighted by Crippen LogP contribution is -2.22. The molecule has 0 N–H and O–H groups in total. The normalized spacial score (nSPS) is 11.6. The predicted octanol–water partition coefficient (Wildman–Crippen LogP) is 3.87. The molecule has 8 heteroatoms. The number of carbonyl (C=O) groups excluding carboxylic acids is 1. The number of aromatic nitrogens is 5. The molecule has 0 fully saturated rings. The maximum absolute atomic E-state index is 11.6. The van der Waals surface area contributed by atoms with E-state index < -0.39 is 0 Å². The standard InChI is InChI=1S/C21H22N6OS/c1-4-26(5-2)13-15-10-16-11-17(6-7-19(16)22-12-15)29-21-24-23-20-9-8-18(14(3)28)25-27(20)21/h6-12H,4-5,13H2,1-3H3. The van der Waals surface area contributed by atoms with Crippen LogP contribution in [0.15, 0.2) is 52.6 Å². The van der Waals surface area contributed by atoms with Crippen molar-refractivity contribution >= 4 is 34.1 Å². The number of nitrogens with zero attached hydrogens (tertiary/aromatic N) is 6. The number of ketones is 1. The second kappa shape index (κ2) is 8.26. The van der Waals surface area contributed by atoms with Crippen LogP contribution < -0.4 is 0 Å². The number of benzene rings is 1. The second-order valence-corrected chi connectivity index (χ2v) is 7.83. The molecular formula is C21H22N6OS. The maximum Gasteiger partial charge on any atom is 0.217 e. The molecule has 0 amide bonds. The highest BCUT2D eigenvalue weighted by atomic mass is 32.2. The van der Waals surface area contributed by atoms with Gasteiger partial charge >= 0.3 is 0 Å². The van der Waals surface area contributed by atoms with E-state index in [1.165, 1.54) is 24.2 Å². The van der Waals surface area contributed by atoms with Gasteiger partial charge in [0.25, 0.3) is 0 Å². The molecule has 3 heterocycles. The fourth-order valence-corrected chi connectivity index (χ4v) is 3.97. The van der Waals surface area contributed by atoms with Crippen LogP contribution in [0.25, 0.3) is 16.6 Å². The van der Waals surface area contributed by atoms with E-state index in [2.05, 4.69) is 51.2 Å². The Morgan fingerprint density at radius 3 is 2.69 bits per heavy atom. The first-order valence-electron chi connectivity index (χ1n) is 9.59. The van der Waals surface area contributed by atoms with Gasteiger partial charge in [-0.15, -0.1) is 10.2 Å². The van der Waals surface area contributed by atoms with E-state index in [-0.39, 0.29) is 5.78 Å². The van der Waals surface area contributed by atoms with Gasteiger partial charge in [0.2, 0.25) is 5.16 Å². The summed E-state index contributed by atoms with van der Waals surface area (Å²) in [5, 5.41) is 14.4. The van der Waals surface area contributed by atoms with Gasteiger partial charge in [-0.25, -0.2) is 0 Å². The molecule has 4 rings (SSSR count). The fraction of sp³-hybridized carbons (Fsp3) is 0.286. The second-order valence-electron chi connectivity index (χ2n) is 6.79. The molecule has 148 valence electrons. The van der Waals surface area contributed by atoms with Gasteiger partial charge in [-0.1, -0.05) is 13.8 Å². The Kier molecular flexibility index (Phi) is 5.55. The molecule has 0 atom stereocenters. The molecule has 3 aromatic heterocycles. The third-order valence-electron chi connectivity index (χ3n) is 4.81. The number of fused-ring (bicyclic) bond motifs is 2. The molecule has 0 aliphatic heterocycles. The zero-order valence-electron chi connectivity index (χ0n) is 16.7. The summed E-state index contributed by atoms with van der Waals surface area (Å²) < 4.78 is 1.61. The molecule has 0 aliphatic rings. The van der Waals surface area contributed by atoms with E-state index in [0.717, 1.165) is 35.4 Å². The summed E-state index contributed by atoms with van der Waals surface area (Å²) >= 11 is 1.47. The van der Waals surface area contributed by atoms with Gasteiger partial charge in [-0.3, -0.25) is 14.7 Å². The number of hydrogen-bond acceptors (Lipinski definition) is 7. The first-order chi connectivity index (χ1) is 14.1. The highest BCUT2D eigenvalue weighted by Gasteiger charge is 2.12. The maximum atomic E-state index is 11.6. The minimum absolute atomic E-state index is 0.0888. The summed E-state index contributed by atoms with van der Waals surface area (Å²) in [6.45, 7) is 8.75. The highest BCUT2D eigenvalue weighted by molar-refractivity contribution is 7.99. The van der Waals surface area contributed by atoms with Crippen LogP contribution in [0.3, 0.4) is 0 Å². The lowest BCUT2D eigenvalue weighted by Gasteiger charge is -2.17. The third-order valence-corrected chi connectivity index (χ3v) is 5.74. The van der Waals surface area contributed by atoms with Crippen molar-refractivity contribution in [3.63, 3.8) is 0 Å². The van der Waals surface area contributed by atoms with Crippen molar-refractivity contribution in [3.05, 3.63) is 53.9 Å². The molecule has 0 saturated carbocycles. The molecule has 0 bridgehead atoms. The Labute approximate surface area is 173 Å². The van der Waals surface area contributed by atoms with Gasteiger partial charge in [0.15, 0.2) is 11.4 Å². The van der Waals surface area contributed by atoms with Gasteiger partial charge in [0.1, 0.15) is 5.69 Å². The van der Waals surface area contributed by atoms with Crippen molar-refractivity contribution < 1.29 is 4.79 Å². The lowest BCUT2D eigenvalue weighted by atomic mass is 10.1. The molecule has 1 aromatic carbocycles. The Morgan fingerprint density at radius 2 is 1.93 bits per heavy atom. The average Bonchev–Trinajstić information content (AvgIpc) is 3.13. The summed E-state index contributed by atoms with van der Waals surface area (Å²) in [6.07, 6.45) is 1.95. The van der Waals surface area contributed by atoms with Crippen LogP contribution in [0.1, 0.15) is 36.8 Å². The Balaban J connectivity index is 1.65. The summed E-state index contributed by atoms with van der Waals surface area (Å²) in [5.41, 5.74) is 3.16. The van der Waals surface area contributed by atoms with E-state index in [0.29, 0.717) is 16.5 Å². The Bertz CT molecular complexity index is 1180. The van der Waals surface area contributed by atoms with E-state index in [9.17, 15) is 4.79 Å². The van der Waals surface area contributed by atoms with Crippen LogP contribution in [-0.4, -0.2) is 48.6 Å². The third kappa shape index (κ3) is 4.13. The SMILES string of the molecule is CCN(CC)Cc1cnc2ccc(Sc3nnc4ccc(C(C)=O)nn34)cc2c1. The summed E-state index contributed by atoms with van der Waals surface area (Å²) in [5.74, 6) is -0.0888. The zero-order valence-corrected chi connectivity index (χ0v) is 17.5. The topological polar surface area (TPSA) is 76.3 Å². The van der Waals surface area contributed by atoms with E-state index in [4.69, 9.17) is 0 Å². The monoisotopic (exact) mass is 406 g/mol. The lowest BCUT2D eigenvalue weighted by molar-refractivity contribution is 0.101. The number of Topliss-reactive ketones (excluding diaryl/α,β-unsaturated/α-hetero) is 1. The largest absolute Gasteiger partial charge is 0.300 e. The van der Waals surface area contributed by atoms with Crippen molar-refractivity contribution in [3.8, 4) is 0 Å². The molecule has 4 aromatic rings. The van der Waals surface area contributed by atoms with Gasteiger partial charge < -0.3 is 0 Å². The summed E-state index contributed by atoms with van der Waals surface area (Å²) in [7, 11) is 0. The Morgan fingerprint density at radius 1 is 1.10 bits per heavy atom. The predicted molar refractivity (Wildman–Crippen MR) is 113 cm³/mol. The first-order valence-corrected chi connectivity index (χ1v) is 10.4. The highest BCUT2D eigenvalue weighted by Crippen LogP contribution is 2.29. The molecule has 0 radical (unpaired) electrons. The van der Waals surface area contributed by atoms with Crippen LogP contribution in [0.4, 0.5) is 0 Å². The van der Waals surface area contributed by atoms with Crippen LogP contribution in [0, 0.1) is 0 Å². The molecule has 0 spiro atoms. The average molecular weight is 407 g/mol. The van der Waals surface area contributed by atoms with Crippen molar-refractivity contribution in [1.29, 1.82) is 0 Å². The minimum Gasteiger partial charge on any atom is -0.300 e. The van der Waals surface area contributed by atoms with Gasteiger partial charge in [-0.2, -0.15) is 9.61 Å². The van der Waals surface area contributed by atoms with Crippen molar-refractivity contribution in [2.75, 3.05) is 13.1 Å². The first kappa shape index (κ1) is 19.5. The fourth-order valence-electron chi connectivity index (χ4n) is 3.14. The molecular weight excluding hydrogens is 384 g/mol. The van der Waals surface area contributed by atoms with Gasteiger partial charge in [-0.05, 0) is 66.8 Å². The van der Waals surface area contributed by atoms with Crippen molar-refractivity contribution in [2.24, 2.45) is 0 Å². The molecule has 0 saturated heterocycles. The van der Waals surface area contributed by atoms with E-state index in [1.807, 2.05) is 18.3 Å². The van der Waals surface area contributed by atoms with Gasteiger partial charge in [0.05, 0.1) is 5.52 Å². The van der Waals surface area contributed by atoms with Crippen LogP contribution in [0.2, 0.25) is 0 Å². The number of carbonyl (C=O) groups is 1. The van der Waals surface area contributed by atoms with Crippen molar-refractivity contribution in [1.82, 2.24) is 29.7 Å². The summed E-state index contributed by atoms with van der Waals surface area (Å²) in [4.78, 5) is 19.6. The smallest absolute Gasteiger partial charge is 0.217 e. The van der Waals surface area contributed by atoms with E-state index >= 15 is 0 Å². The van der Waals surface area contributed by atoms with Crippen LogP contribution >= 0.6 is 11.8 Å². The number of rotatable bonds is 7. The number of pyridine rings is 1. The molecule has 29 heavy (non-hydrogen) atoms. The van der Waals surface area contributed by atoms with Crippen molar-refractivity contribution in [2.45, 2.75) is 37.4 Å². The zero-order chi connectivity index (χ0) is 20.4. The molecule has 7 nitrogen and oxygen atoms in total. The quantitative estimate of drug-likeness (QED) is 0.431. The minimum atomic E-state index is -0.0888. The van der Waals surface area contributed by atoms with E-state index in [1.54, 1.807) is 16.6 Å². The van der Waals surface area contributed by atoms with Gasteiger partial charge in [0, 0.05) is 29.9 Å². The molecule has 0 unspecified atom stereocenters. The van der Waals surface area contributed by atoms with Crippen LogP contribution in [-0.2, 0) is 6.54 Å². The summed E-state index contributed by atoms with van der Waals surface area (Å²) in [6, 6.07) is 11.7. The Hall–Kier alpha value is -2.84. The van der Waals surface area contributed by atoms with Crippen LogP contribution in [0.5, 0.6) is 0 Å². The number of hydrogen-bond donors (Lipinski definition) is 0.